The number of aromatic amines is 4. The summed E-state index contributed by atoms with van der Waals surface area (Å²) in [7, 11) is 0. The second-order valence-corrected chi connectivity index (χ2v) is 31.9. The topological polar surface area (TPSA) is 165 Å². The average Bonchev–Trinajstić information content (AvgIpc) is 1.38. The van der Waals surface area contributed by atoms with Gasteiger partial charge in [-0.2, -0.15) is 0 Å². The van der Waals surface area contributed by atoms with Crippen molar-refractivity contribution in [3.63, 3.8) is 0 Å². The highest BCUT2D eigenvalue weighted by Crippen LogP contribution is 2.31. The fourth-order valence-electron chi connectivity index (χ4n) is 11.6. The normalized spacial score (nSPS) is 10.3. The zero-order chi connectivity index (χ0) is 80.4. The van der Waals surface area contributed by atoms with Crippen molar-refractivity contribution in [1.82, 2.24) is 29.9 Å². The molecule has 0 saturated carbocycles. The van der Waals surface area contributed by atoms with E-state index in [0.717, 1.165) is 74.7 Å². The molecule has 0 saturated heterocycles. The Labute approximate surface area is 691 Å². The fraction of sp³-hybridized carbons (Fsp3) is 0.135. The van der Waals surface area contributed by atoms with Crippen LogP contribution in [0.25, 0.3) is 86.3 Å². The van der Waals surface area contributed by atoms with Gasteiger partial charge in [-0.3, -0.25) is 10.4 Å². The number of hydrogen-bond donors (Lipinski definition) is 7. The zero-order valence-corrected chi connectivity index (χ0v) is 70.5. The van der Waals surface area contributed by atoms with Crippen LogP contribution in [0, 0.1) is 88.5 Å². The van der Waals surface area contributed by atoms with Gasteiger partial charge >= 0.3 is 0 Å². The van der Waals surface area contributed by atoms with Crippen LogP contribution in [0.2, 0.25) is 25.2 Å². The minimum absolute atomic E-state index is 0.128. The lowest BCUT2D eigenvalue weighted by Crippen LogP contribution is -2.10. The molecule has 0 spiro atoms. The van der Waals surface area contributed by atoms with Crippen molar-refractivity contribution in [2.75, 3.05) is 0 Å². The van der Waals surface area contributed by atoms with Gasteiger partial charge in [0.25, 0.3) is 0 Å². The Hall–Kier alpha value is -10.5. The van der Waals surface area contributed by atoms with Gasteiger partial charge in [-0.05, 0) is 248 Å². The lowest BCUT2D eigenvalue weighted by molar-refractivity contribution is 1.07. The molecule has 570 valence electrons. The van der Waals surface area contributed by atoms with Crippen molar-refractivity contribution in [1.29, 1.82) is 5.41 Å². The maximum absolute atomic E-state index is 7.11. The van der Waals surface area contributed by atoms with Crippen molar-refractivity contribution in [2.24, 2.45) is 11.5 Å². The summed E-state index contributed by atoms with van der Waals surface area (Å²) in [6.07, 6.45) is 7.52. The molecule has 0 unspecified atom stereocenters. The van der Waals surface area contributed by atoms with Gasteiger partial charge in [-0.15, -0.1) is 22.7 Å². The van der Waals surface area contributed by atoms with Crippen LogP contribution in [-0.2, 0) is 6.54 Å². The second-order valence-electron chi connectivity index (χ2n) is 27.3. The van der Waals surface area contributed by atoms with Crippen LogP contribution in [-0.4, -0.2) is 35.7 Å². The van der Waals surface area contributed by atoms with Gasteiger partial charge < -0.3 is 31.4 Å². The highest BCUT2D eigenvalue weighted by Gasteiger charge is 2.06. The Balaban J connectivity index is 0.000000143. The maximum atomic E-state index is 7.11. The highest BCUT2D eigenvalue weighted by molar-refractivity contribution is 7.19. The van der Waals surface area contributed by atoms with E-state index in [2.05, 4.69) is 251 Å². The molecule has 16 heteroatoms. The first kappa shape index (κ1) is 85.5. The standard InChI is InChI=1S/C13H10Cl2.C13H11Cl.2C10H11N.2C9H8ClN.C8H10N2.2C8H7NS.C8H11N/c1-9-2-7-12(13(15)8-9)10-3-5-11(14)6-4-10;1-10-2-4-11(5-3-10)12-6-8-13(14)9-7-12;1-7-3-4-10-9(5-7)6-8(2)11-10;1-7-3-4-9-8(2)6-11-10(9)5-7;1-6-2-3-7-8(10)5-11-9(7)4-6;1-6-2-3-7-5-9(10)11-8(7)4-6;1-6-3-2-4-7(5-6)8(9)10;1-6-5-7-8(10-6)3-2-4-9-7;1-6-5-7-3-2-4-9-8(7)10-6;1-7-2-4-8(6-9)5-3-7/h2-8H,1H3;2-9H,1H3;2*3-6,11H,1-2H3;2*2-5,11H,1H3;2-5H,1H3,(H3,9,10);2*2-5H,1H3;2-5H,6,9H2,1H3. The summed E-state index contributed by atoms with van der Waals surface area (Å²) in [6.45, 7) is 25.6. The molecule has 0 amide bonds. The van der Waals surface area contributed by atoms with Gasteiger partial charge in [0.15, 0.2) is 0 Å². The fourth-order valence-corrected chi connectivity index (χ4v) is 14.4. The van der Waals surface area contributed by atoms with E-state index in [1.54, 1.807) is 22.7 Å². The van der Waals surface area contributed by atoms with Crippen LogP contribution in [0.4, 0.5) is 0 Å². The van der Waals surface area contributed by atoms with Gasteiger partial charge in [0.2, 0.25) is 0 Å². The quantitative estimate of drug-likeness (QED) is 0.0689. The van der Waals surface area contributed by atoms with Gasteiger partial charge in [-0.1, -0.05) is 232 Å². The van der Waals surface area contributed by atoms with E-state index in [-0.39, 0.29) is 5.84 Å². The second kappa shape index (κ2) is 42.2. The van der Waals surface area contributed by atoms with E-state index in [0.29, 0.717) is 11.7 Å². The molecule has 10 aromatic carbocycles. The van der Waals surface area contributed by atoms with Gasteiger partial charge in [0.1, 0.15) is 15.8 Å². The Bertz CT molecular complexity index is 5650. The molecule has 0 bridgehead atoms. The highest BCUT2D eigenvalue weighted by atomic mass is 35.5. The van der Waals surface area contributed by atoms with E-state index in [1.807, 2.05) is 148 Å². The number of nitrogen functional groups attached to an aromatic ring is 1. The molecule has 8 aromatic heterocycles. The molecular formula is C96H94Cl5N9S2. The van der Waals surface area contributed by atoms with E-state index in [9.17, 15) is 0 Å². The Morgan fingerprint density at radius 1 is 0.393 bits per heavy atom. The van der Waals surface area contributed by atoms with Crippen LogP contribution in [0.3, 0.4) is 0 Å². The lowest BCUT2D eigenvalue weighted by Gasteiger charge is -2.05. The summed E-state index contributed by atoms with van der Waals surface area (Å²) >= 11 is 33.0. The van der Waals surface area contributed by atoms with E-state index < -0.39 is 0 Å². The Morgan fingerprint density at radius 2 is 0.920 bits per heavy atom. The molecular weight excluding hydrogens is 1520 g/mol. The molecule has 9 N–H and O–H groups in total. The molecule has 0 fully saturated rings. The van der Waals surface area contributed by atoms with Crippen molar-refractivity contribution in [3.05, 3.63) is 388 Å². The molecule has 0 aliphatic heterocycles. The summed E-state index contributed by atoms with van der Waals surface area (Å²) in [6, 6.07) is 87.7. The van der Waals surface area contributed by atoms with E-state index in [4.69, 9.17) is 74.9 Å². The molecule has 112 heavy (non-hydrogen) atoms. The number of nitrogens with one attached hydrogen (secondary N) is 5. The molecule has 8 heterocycles. The van der Waals surface area contributed by atoms with Gasteiger partial charge in [0, 0.05) is 117 Å². The predicted molar refractivity (Wildman–Crippen MR) is 490 cm³/mol. The first-order chi connectivity index (χ1) is 53.7. The number of rotatable bonds is 4. The molecule has 0 radical (unpaired) electrons. The lowest BCUT2D eigenvalue weighted by atomic mass is 10.0. The molecule has 18 aromatic rings. The summed E-state index contributed by atoms with van der Waals surface area (Å²) in [5, 5.41) is 17.0. The summed E-state index contributed by atoms with van der Waals surface area (Å²) in [4.78, 5) is 24.9. The van der Waals surface area contributed by atoms with Crippen LogP contribution in [0.5, 0.6) is 0 Å². The number of nitrogens with zero attached hydrogens (tertiary/aromatic N) is 2. The summed E-state index contributed by atoms with van der Waals surface area (Å²) < 4.78 is 1.28. The number of benzene rings is 10. The number of fused-ring (bicyclic) bond motifs is 6. The largest absolute Gasteiger partial charge is 0.384 e. The Kier molecular flexibility index (Phi) is 32.2. The first-order valence-electron chi connectivity index (χ1n) is 36.4. The van der Waals surface area contributed by atoms with Crippen LogP contribution < -0.4 is 11.5 Å². The van der Waals surface area contributed by atoms with Crippen LogP contribution >= 0.6 is 80.7 Å². The number of amidine groups is 1. The number of aryl methyl sites for hydroxylation is 12. The average molecular weight is 1620 g/mol. The summed E-state index contributed by atoms with van der Waals surface area (Å²) in [5.74, 6) is 0.128. The van der Waals surface area contributed by atoms with Gasteiger partial charge in [0.05, 0.1) is 15.2 Å². The van der Waals surface area contributed by atoms with Crippen LogP contribution in [0.1, 0.15) is 76.6 Å². The zero-order valence-electron chi connectivity index (χ0n) is 65.1. The number of halogens is 5. The third kappa shape index (κ3) is 26.6. The molecule has 0 atom stereocenters. The monoisotopic (exact) mass is 1610 g/mol. The summed E-state index contributed by atoms with van der Waals surface area (Å²) in [5.41, 5.74) is 35.5. The van der Waals surface area contributed by atoms with E-state index in [1.165, 1.54) is 108 Å². The SMILES string of the molecule is Cc1cc2cccnc2s1.Cc1cc2ncccc2s1.Cc1ccc(-c2ccc(Cl)cc2)c(Cl)c1.Cc1ccc(-c2ccc(Cl)cc2)cc1.Cc1ccc(CN)cc1.Cc1ccc2[nH]c(C)cc2c1.Cc1ccc2c(C)c[nH]c2c1.Cc1ccc2c(Cl)c[nH]c2c1.Cc1ccc2cc(Cl)[nH]c2c1.Cc1cccc(C(=N)N)c1. The molecule has 0 aliphatic carbocycles. The smallest absolute Gasteiger partial charge is 0.123 e. The number of thiophene rings is 2. The van der Waals surface area contributed by atoms with E-state index >= 15 is 0 Å². The van der Waals surface area contributed by atoms with Crippen LogP contribution in [0.15, 0.2) is 286 Å². The maximum Gasteiger partial charge on any atom is 0.123 e. The van der Waals surface area contributed by atoms with Crippen molar-refractivity contribution in [3.8, 4) is 22.3 Å². The predicted octanol–water partition coefficient (Wildman–Crippen LogP) is 29.1. The van der Waals surface area contributed by atoms with Crippen molar-refractivity contribution in [2.45, 2.75) is 89.6 Å². The third-order valence-electron chi connectivity index (χ3n) is 17.5. The number of aromatic nitrogens is 6. The Morgan fingerprint density at radius 3 is 1.54 bits per heavy atom. The minimum Gasteiger partial charge on any atom is -0.384 e. The van der Waals surface area contributed by atoms with Gasteiger partial charge in [-0.25, -0.2) is 4.98 Å². The van der Waals surface area contributed by atoms with Crippen molar-refractivity contribution >= 4 is 151 Å². The number of pyridine rings is 2. The molecule has 9 nitrogen and oxygen atoms in total. The third-order valence-corrected chi connectivity index (χ3v) is 20.8. The number of nitrogens with two attached hydrogens (primary N) is 2. The minimum atomic E-state index is 0.128. The first-order valence-corrected chi connectivity index (χ1v) is 40.0. The number of H-pyrrole nitrogens is 4. The van der Waals surface area contributed by atoms with Crippen molar-refractivity contribution < 1.29 is 0 Å². The molecule has 18 rings (SSSR count). The molecule has 0 aliphatic rings. The number of hydrogen-bond acceptors (Lipinski definition) is 6.